The maximum absolute atomic E-state index is 9.53. The monoisotopic (exact) mass is 278 g/mol. The van der Waals surface area contributed by atoms with Crippen LogP contribution < -0.4 is 4.90 Å². The van der Waals surface area contributed by atoms with Crippen molar-refractivity contribution in [2.75, 3.05) is 18.0 Å². The summed E-state index contributed by atoms with van der Waals surface area (Å²) in [5.41, 5.74) is 1.90. The highest BCUT2D eigenvalue weighted by molar-refractivity contribution is 5.44. The van der Waals surface area contributed by atoms with Gasteiger partial charge in [-0.05, 0) is 43.7 Å². The van der Waals surface area contributed by atoms with E-state index in [1.807, 2.05) is 12.3 Å². The second kappa shape index (κ2) is 8.25. The van der Waals surface area contributed by atoms with E-state index in [-0.39, 0.29) is 0 Å². The van der Waals surface area contributed by atoms with Crippen LogP contribution in [0.3, 0.4) is 0 Å². The van der Waals surface area contributed by atoms with E-state index >= 15 is 0 Å². The SMILES string of the molecule is CC(C)CCN(CCC(C)C)c1ccc([C@H](C)O)nc1. The van der Waals surface area contributed by atoms with Gasteiger partial charge in [0.25, 0.3) is 0 Å². The first kappa shape index (κ1) is 17.0. The molecule has 0 aliphatic carbocycles. The Morgan fingerprint density at radius 2 is 1.55 bits per heavy atom. The Kier molecular flexibility index (Phi) is 7.00. The lowest BCUT2D eigenvalue weighted by atomic mass is 10.1. The average Bonchev–Trinajstić information content (AvgIpc) is 2.38. The Balaban J connectivity index is 2.74. The Morgan fingerprint density at radius 3 is 1.90 bits per heavy atom. The molecule has 3 heteroatoms. The molecule has 0 bridgehead atoms. The Hall–Kier alpha value is -1.09. The van der Waals surface area contributed by atoms with Crippen molar-refractivity contribution in [1.82, 2.24) is 4.98 Å². The van der Waals surface area contributed by atoms with Crippen molar-refractivity contribution in [2.45, 2.75) is 53.6 Å². The molecule has 3 nitrogen and oxygen atoms in total. The lowest BCUT2D eigenvalue weighted by Gasteiger charge is -2.26. The maximum Gasteiger partial charge on any atom is 0.0931 e. The highest BCUT2D eigenvalue weighted by Crippen LogP contribution is 2.19. The van der Waals surface area contributed by atoms with Gasteiger partial charge in [-0.1, -0.05) is 27.7 Å². The van der Waals surface area contributed by atoms with E-state index in [4.69, 9.17) is 0 Å². The molecule has 1 rings (SSSR count). The molecule has 20 heavy (non-hydrogen) atoms. The van der Waals surface area contributed by atoms with Crippen LogP contribution in [0.4, 0.5) is 5.69 Å². The zero-order valence-corrected chi connectivity index (χ0v) is 13.6. The van der Waals surface area contributed by atoms with Crippen molar-refractivity contribution in [2.24, 2.45) is 11.8 Å². The molecule has 1 N–H and O–H groups in total. The second-order valence-electron chi connectivity index (χ2n) is 6.47. The molecule has 114 valence electrons. The molecule has 1 aromatic heterocycles. The van der Waals surface area contributed by atoms with E-state index in [9.17, 15) is 5.11 Å². The van der Waals surface area contributed by atoms with Gasteiger partial charge < -0.3 is 10.0 Å². The van der Waals surface area contributed by atoms with E-state index in [2.05, 4.69) is 43.6 Å². The summed E-state index contributed by atoms with van der Waals surface area (Å²) >= 11 is 0. The van der Waals surface area contributed by atoms with Crippen molar-refractivity contribution in [1.29, 1.82) is 0 Å². The highest BCUT2D eigenvalue weighted by Gasteiger charge is 2.10. The predicted octanol–water partition coefficient (Wildman–Crippen LogP) is 4.03. The van der Waals surface area contributed by atoms with Gasteiger partial charge in [0.2, 0.25) is 0 Å². The molecular weight excluding hydrogens is 248 g/mol. The Labute approximate surface area is 124 Å². The van der Waals surface area contributed by atoms with Crippen LogP contribution in [0.25, 0.3) is 0 Å². The standard InChI is InChI=1S/C17H30N2O/c1-13(2)8-10-19(11-9-14(3)4)16-6-7-17(15(5)20)18-12-16/h6-7,12-15,20H,8-11H2,1-5H3/t15-/m0/s1. The van der Waals surface area contributed by atoms with Crippen LogP contribution in [-0.2, 0) is 0 Å². The summed E-state index contributed by atoms with van der Waals surface area (Å²) in [5, 5.41) is 9.53. The van der Waals surface area contributed by atoms with Gasteiger partial charge in [0, 0.05) is 13.1 Å². The van der Waals surface area contributed by atoms with E-state index in [1.165, 1.54) is 12.8 Å². The molecule has 0 radical (unpaired) electrons. The third kappa shape index (κ3) is 5.91. The number of aliphatic hydroxyl groups excluding tert-OH is 1. The summed E-state index contributed by atoms with van der Waals surface area (Å²) in [4.78, 5) is 6.78. The number of aromatic nitrogens is 1. The van der Waals surface area contributed by atoms with E-state index in [1.54, 1.807) is 6.92 Å². The molecule has 0 aliphatic heterocycles. The van der Waals surface area contributed by atoms with Gasteiger partial charge in [0.1, 0.15) is 0 Å². The molecule has 0 unspecified atom stereocenters. The zero-order chi connectivity index (χ0) is 15.1. The second-order valence-corrected chi connectivity index (χ2v) is 6.47. The van der Waals surface area contributed by atoms with Gasteiger partial charge in [-0.3, -0.25) is 4.98 Å². The minimum absolute atomic E-state index is 0.496. The quantitative estimate of drug-likeness (QED) is 0.780. The first-order valence-corrected chi connectivity index (χ1v) is 7.79. The minimum atomic E-state index is -0.496. The van der Waals surface area contributed by atoms with Gasteiger partial charge in [-0.25, -0.2) is 0 Å². The minimum Gasteiger partial charge on any atom is -0.387 e. The fourth-order valence-electron chi connectivity index (χ4n) is 2.03. The fraction of sp³-hybridized carbons (Fsp3) is 0.706. The zero-order valence-electron chi connectivity index (χ0n) is 13.6. The molecular formula is C17H30N2O. The number of anilines is 1. The third-order valence-electron chi connectivity index (χ3n) is 3.52. The lowest BCUT2D eigenvalue weighted by molar-refractivity contribution is 0.194. The van der Waals surface area contributed by atoms with Gasteiger partial charge in [-0.15, -0.1) is 0 Å². The van der Waals surface area contributed by atoms with Crippen LogP contribution in [0.1, 0.15) is 59.3 Å². The van der Waals surface area contributed by atoms with Gasteiger partial charge in [-0.2, -0.15) is 0 Å². The largest absolute Gasteiger partial charge is 0.387 e. The van der Waals surface area contributed by atoms with E-state index in [0.717, 1.165) is 24.5 Å². The van der Waals surface area contributed by atoms with Crippen molar-refractivity contribution >= 4 is 5.69 Å². The number of aliphatic hydroxyl groups is 1. The number of rotatable bonds is 8. The number of pyridine rings is 1. The predicted molar refractivity (Wildman–Crippen MR) is 86.0 cm³/mol. The van der Waals surface area contributed by atoms with E-state index < -0.39 is 6.10 Å². The smallest absolute Gasteiger partial charge is 0.0931 e. The van der Waals surface area contributed by atoms with Crippen LogP contribution in [0, 0.1) is 11.8 Å². The molecule has 0 amide bonds. The lowest BCUT2D eigenvalue weighted by Crippen LogP contribution is -2.27. The summed E-state index contributed by atoms with van der Waals surface area (Å²) in [5.74, 6) is 1.42. The molecule has 0 spiro atoms. The van der Waals surface area contributed by atoms with E-state index in [0.29, 0.717) is 11.8 Å². The molecule has 1 atom stereocenters. The van der Waals surface area contributed by atoms with Crippen LogP contribution in [-0.4, -0.2) is 23.2 Å². The number of hydrogen-bond donors (Lipinski definition) is 1. The van der Waals surface area contributed by atoms with Crippen LogP contribution in [0.5, 0.6) is 0 Å². The van der Waals surface area contributed by atoms with Gasteiger partial charge in [0.05, 0.1) is 23.7 Å². The van der Waals surface area contributed by atoms with Crippen LogP contribution in [0.2, 0.25) is 0 Å². The molecule has 0 aliphatic rings. The van der Waals surface area contributed by atoms with Crippen LogP contribution in [0.15, 0.2) is 18.3 Å². The topological polar surface area (TPSA) is 36.4 Å². The Morgan fingerprint density at radius 1 is 1.00 bits per heavy atom. The summed E-state index contributed by atoms with van der Waals surface area (Å²) in [7, 11) is 0. The molecule has 1 aromatic rings. The van der Waals surface area contributed by atoms with Gasteiger partial charge in [0.15, 0.2) is 0 Å². The summed E-state index contributed by atoms with van der Waals surface area (Å²) in [6.07, 6.45) is 3.78. The average molecular weight is 278 g/mol. The number of nitrogens with zero attached hydrogens (tertiary/aromatic N) is 2. The molecule has 0 aromatic carbocycles. The summed E-state index contributed by atoms with van der Waals surface area (Å²) in [6.45, 7) is 12.9. The van der Waals surface area contributed by atoms with Crippen molar-refractivity contribution in [3.05, 3.63) is 24.0 Å². The van der Waals surface area contributed by atoms with Crippen molar-refractivity contribution in [3.63, 3.8) is 0 Å². The van der Waals surface area contributed by atoms with Crippen LogP contribution >= 0.6 is 0 Å². The molecule has 0 saturated heterocycles. The first-order valence-electron chi connectivity index (χ1n) is 7.79. The normalized spacial score (nSPS) is 13.0. The number of hydrogen-bond acceptors (Lipinski definition) is 3. The van der Waals surface area contributed by atoms with Gasteiger partial charge >= 0.3 is 0 Å². The van der Waals surface area contributed by atoms with Crippen molar-refractivity contribution < 1.29 is 5.11 Å². The molecule has 0 fully saturated rings. The first-order chi connectivity index (χ1) is 9.40. The third-order valence-corrected chi connectivity index (χ3v) is 3.52. The molecule has 1 heterocycles. The molecule has 0 saturated carbocycles. The fourth-order valence-corrected chi connectivity index (χ4v) is 2.03. The maximum atomic E-state index is 9.53. The highest BCUT2D eigenvalue weighted by atomic mass is 16.3. The van der Waals surface area contributed by atoms with Crippen molar-refractivity contribution in [3.8, 4) is 0 Å². The summed E-state index contributed by atoms with van der Waals surface area (Å²) < 4.78 is 0. The Bertz CT molecular complexity index is 359. The summed E-state index contributed by atoms with van der Waals surface area (Å²) in [6, 6.07) is 4.01.